The Hall–Kier alpha value is -2.12. The molecule has 6 nitrogen and oxygen atoms in total. The predicted octanol–water partition coefficient (Wildman–Crippen LogP) is 3.21. The fraction of sp³-hybridized carbons (Fsp3) is 0.333. The fourth-order valence-electron chi connectivity index (χ4n) is 2.43. The molecule has 0 fully saturated rings. The van der Waals surface area contributed by atoms with Crippen molar-refractivity contribution in [2.75, 3.05) is 12.3 Å². The summed E-state index contributed by atoms with van der Waals surface area (Å²) in [6, 6.07) is 8.84. The van der Waals surface area contributed by atoms with Crippen LogP contribution < -0.4 is 5.32 Å². The summed E-state index contributed by atoms with van der Waals surface area (Å²) >= 11 is 7.12. The van der Waals surface area contributed by atoms with Crippen molar-refractivity contribution >= 4 is 35.2 Å². The number of hydrogen-bond acceptors (Lipinski definition) is 5. The summed E-state index contributed by atoms with van der Waals surface area (Å²) in [4.78, 5) is 31.8. The minimum atomic E-state index is -0.919. The summed E-state index contributed by atoms with van der Waals surface area (Å²) in [5.74, 6) is -1.26. The van der Waals surface area contributed by atoms with Gasteiger partial charge in [0.1, 0.15) is 0 Å². The normalized spacial score (nSPS) is 11.8. The van der Waals surface area contributed by atoms with Crippen molar-refractivity contribution in [1.82, 2.24) is 15.3 Å². The molecule has 1 atom stereocenters. The highest BCUT2D eigenvalue weighted by Gasteiger charge is 2.17. The number of benzene rings is 1. The molecule has 0 aliphatic rings. The lowest BCUT2D eigenvalue weighted by Gasteiger charge is -2.16. The van der Waals surface area contributed by atoms with Gasteiger partial charge in [-0.2, -0.15) is 0 Å². The summed E-state index contributed by atoms with van der Waals surface area (Å²) in [5, 5.41) is 13.0. The van der Waals surface area contributed by atoms with E-state index in [9.17, 15) is 9.59 Å². The average Bonchev–Trinajstić information content (AvgIpc) is 2.56. The van der Waals surface area contributed by atoms with Crippen molar-refractivity contribution in [3.63, 3.8) is 0 Å². The van der Waals surface area contributed by atoms with Crippen molar-refractivity contribution < 1.29 is 14.7 Å². The second kappa shape index (κ2) is 9.54. The van der Waals surface area contributed by atoms with Crippen molar-refractivity contribution in [3.8, 4) is 0 Å². The first kappa shape index (κ1) is 20.2. The summed E-state index contributed by atoms with van der Waals surface area (Å²) in [6.45, 7) is 3.99. The first-order chi connectivity index (χ1) is 12.3. The van der Waals surface area contributed by atoms with Gasteiger partial charge in [0, 0.05) is 28.9 Å². The maximum Gasteiger partial charge on any atom is 0.304 e. The molecule has 0 aliphatic heterocycles. The Bertz CT molecular complexity index is 764. The molecule has 2 N–H and O–H groups in total. The van der Waals surface area contributed by atoms with Gasteiger partial charge in [0.15, 0.2) is 5.16 Å². The quantitative estimate of drug-likeness (QED) is 0.528. The van der Waals surface area contributed by atoms with Crippen LogP contribution in [0.1, 0.15) is 29.3 Å². The number of thioether (sulfide) groups is 1. The molecule has 0 bridgehead atoms. The topological polar surface area (TPSA) is 92.2 Å². The molecule has 2 aromatic rings. The Morgan fingerprint density at radius 3 is 2.38 bits per heavy atom. The third kappa shape index (κ3) is 6.65. The standard InChI is InChI=1S/C18H20ClN3O3S/c1-11-7-12(2)22-18(21-11)26-10-16(23)20-9-14(8-17(24)25)13-3-5-15(19)6-4-13/h3-7,14H,8-10H2,1-2H3,(H,20,23)(H,24,25). The molecule has 1 heterocycles. The van der Waals surface area contributed by atoms with Gasteiger partial charge in [-0.05, 0) is 37.6 Å². The molecule has 8 heteroatoms. The maximum absolute atomic E-state index is 12.1. The summed E-state index contributed by atoms with van der Waals surface area (Å²) < 4.78 is 0. The van der Waals surface area contributed by atoms with Gasteiger partial charge < -0.3 is 10.4 Å². The molecular formula is C18H20ClN3O3S. The van der Waals surface area contributed by atoms with E-state index in [0.717, 1.165) is 17.0 Å². The van der Waals surface area contributed by atoms with E-state index in [1.165, 1.54) is 11.8 Å². The summed E-state index contributed by atoms with van der Waals surface area (Å²) in [7, 11) is 0. The Labute approximate surface area is 161 Å². The van der Waals surface area contributed by atoms with Crippen LogP contribution in [0.3, 0.4) is 0 Å². The SMILES string of the molecule is Cc1cc(C)nc(SCC(=O)NCC(CC(=O)O)c2ccc(Cl)cc2)n1. The van der Waals surface area contributed by atoms with Crippen LogP contribution in [-0.4, -0.2) is 39.2 Å². The van der Waals surface area contributed by atoms with Crippen LogP contribution in [0.2, 0.25) is 5.02 Å². The zero-order valence-electron chi connectivity index (χ0n) is 14.5. The van der Waals surface area contributed by atoms with Crippen molar-refractivity contribution in [3.05, 3.63) is 52.3 Å². The number of nitrogens with one attached hydrogen (secondary N) is 1. The van der Waals surface area contributed by atoms with Gasteiger partial charge >= 0.3 is 5.97 Å². The lowest BCUT2D eigenvalue weighted by molar-refractivity contribution is -0.137. The van der Waals surface area contributed by atoms with E-state index in [2.05, 4.69) is 15.3 Å². The largest absolute Gasteiger partial charge is 0.481 e. The minimum absolute atomic E-state index is 0.0742. The number of carbonyl (C=O) groups excluding carboxylic acids is 1. The van der Waals surface area contributed by atoms with Crippen molar-refractivity contribution in [2.24, 2.45) is 0 Å². The number of carboxylic acid groups (broad SMARTS) is 1. The van der Waals surface area contributed by atoms with E-state index in [-0.39, 0.29) is 30.5 Å². The summed E-state index contributed by atoms with van der Waals surface area (Å²) in [6.07, 6.45) is -0.0742. The zero-order valence-corrected chi connectivity index (χ0v) is 16.1. The van der Waals surface area contributed by atoms with E-state index in [1.54, 1.807) is 24.3 Å². The van der Waals surface area contributed by atoms with Crippen LogP contribution in [0.4, 0.5) is 0 Å². The zero-order chi connectivity index (χ0) is 19.1. The Kier molecular flexibility index (Phi) is 7.41. The van der Waals surface area contributed by atoms with Crippen LogP contribution in [-0.2, 0) is 9.59 Å². The highest BCUT2D eigenvalue weighted by molar-refractivity contribution is 7.99. The average molecular weight is 394 g/mol. The summed E-state index contributed by atoms with van der Waals surface area (Å²) in [5.41, 5.74) is 2.52. The van der Waals surface area contributed by atoms with Gasteiger partial charge in [0.25, 0.3) is 0 Å². The molecular weight excluding hydrogens is 374 g/mol. The molecule has 138 valence electrons. The number of rotatable bonds is 8. The number of aromatic nitrogens is 2. The molecule has 0 aliphatic carbocycles. The lowest BCUT2D eigenvalue weighted by Crippen LogP contribution is -2.30. The number of halogens is 1. The molecule has 1 unspecified atom stereocenters. The van der Waals surface area contributed by atoms with Gasteiger partial charge in [-0.1, -0.05) is 35.5 Å². The Balaban J connectivity index is 1.91. The van der Waals surface area contributed by atoms with E-state index in [0.29, 0.717) is 10.2 Å². The van der Waals surface area contributed by atoms with Crippen LogP contribution in [0.5, 0.6) is 0 Å². The fourth-order valence-corrected chi connectivity index (χ4v) is 3.34. The molecule has 26 heavy (non-hydrogen) atoms. The van der Waals surface area contributed by atoms with Crippen LogP contribution in [0.15, 0.2) is 35.5 Å². The van der Waals surface area contributed by atoms with Crippen LogP contribution in [0.25, 0.3) is 0 Å². The van der Waals surface area contributed by atoms with E-state index < -0.39 is 5.97 Å². The van der Waals surface area contributed by atoms with Gasteiger partial charge in [-0.15, -0.1) is 0 Å². The number of nitrogens with zero attached hydrogens (tertiary/aromatic N) is 2. The van der Waals surface area contributed by atoms with Gasteiger partial charge in [-0.3, -0.25) is 9.59 Å². The number of aryl methyl sites for hydroxylation is 2. The highest BCUT2D eigenvalue weighted by atomic mass is 35.5. The van der Waals surface area contributed by atoms with Gasteiger partial charge in [-0.25, -0.2) is 9.97 Å². The van der Waals surface area contributed by atoms with E-state index >= 15 is 0 Å². The Morgan fingerprint density at radius 2 is 1.81 bits per heavy atom. The first-order valence-corrected chi connectivity index (χ1v) is 9.39. The second-order valence-corrected chi connectivity index (χ2v) is 7.25. The predicted molar refractivity (Wildman–Crippen MR) is 102 cm³/mol. The van der Waals surface area contributed by atoms with Crippen LogP contribution >= 0.6 is 23.4 Å². The highest BCUT2D eigenvalue weighted by Crippen LogP contribution is 2.21. The molecule has 0 saturated carbocycles. The minimum Gasteiger partial charge on any atom is -0.481 e. The smallest absolute Gasteiger partial charge is 0.304 e. The molecule has 0 saturated heterocycles. The number of hydrogen-bond donors (Lipinski definition) is 2. The Morgan fingerprint density at radius 1 is 1.19 bits per heavy atom. The van der Waals surface area contributed by atoms with Crippen molar-refractivity contribution in [2.45, 2.75) is 31.3 Å². The molecule has 1 aromatic carbocycles. The van der Waals surface area contributed by atoms with E-state index in [1.807, 2.05) is 19.9 Å². The van der Waals surface area contributed by atoms with Gasteiger partial charge in [0.2, 0.25) is 5.91 Å². The lowest BCUT2D eigenvalue weighted by atomic mass is 9.96. The maximum atomic E-state index is 12.1. The number of carbonyl (C=O) groups is 2. The van der Waals surface area contributed by atoms with Crippen LogP contribution in [0, 0.1) is 13.8 Å². The third-order valence-corrected chi connectivity index (χ3v) is 4.70. The van der Waals surface area contributed by atoms with Crippen molar-refractivity contribution in [1.29, 1.82) is 0 Å². The molecule has 2 rings (SSSR count). The third-order valence-electron chi connectivity index (χ3n) is 3.60. The molecule has 0 spiro atoms. The molecule has 1 amide bonds. The molecule has 0 radical (unpaired) electrons. The van der Waals surface area contributed by atoms with E-state index in [4.69, 9.17) is 16.7 Å². The first-order valence-electron chi connectivity index (χ1n) is 8.02. The second-order valence-electron chi connectivity index (χ2n) is 5.87. The number of aliphatic carboxylic acids is 1. The molecule has 1 aromatic heterocycles. The number of carboxylic acids is 1. The van der Waals surface area contributed by atoms with Gasteiger partial charge in [0.05, 0.1) is 12.2 Å². The number of amides is 1. The monoisotopic (exact) mass is 393 g/mol.